The van der Waals surface area contributed by atoms with Crippen molar-refractivity contribution in [3.8, 4) is 0 Å². The number of aromatic nitrogens is 3. The molecule has 0 aliphatic rings. The number of nitrogens with one attached hydrogen (secondary N) is 2. The average molecular weight is 453 g/mol. The molecule has 1 aromatic carbocycles. The number of carbonyl (C=O) groups excluding carboxylic acids is 1. The topological polar surface area (TPSA) is 83.6 Å². The lowest BCUT2D eigenvalue weighted by Crippen LogP contribution is -2.25. The third-order valence-corrected chi connectivity index (χ3v) is 5.04. The monoisotopic (exact) mass is 453 g/mol. The first-order chi connectivity index (χ1) is 15.6. The Morgan fingerprint density at radius 3 is 2.45 bits per heavy atom. The van der Waals surface area contributed by atoms with Crippen molar-refractivity contribution in [3.63, 3.8) is 0 Å². The van der Waals surface area contributed by atoms with Crippen LogP contribution < -0.4 is 10.6 Å². The van der Waals surface area contributed by atoms with E-state index < -0.39 is 12.0 Å². The number of aryl methyl sites for hydroxylation is 1. The van der Waals surface area contributed by atoms with E-state index in [-0.39, 0.29) is 11.6 Å². The van der Waals surface area contributed by atoms with Gasteiger partial charge in [-0.15, -0.1) is 0 Å². The number of hydrogen-bond acceptors (Lipinski definition) is 4. The summed E-state index contributed by atoms with van der Waals surface area (Å²) in [6.45, 7) is 5.65. The minimum absolute atomic E-state index is 0.245. The predicted octanol–water partition coefficient (Wildman–Crippen LogP) is 5.15. The van der Waals surface area contributed by atoms with Crippen molar-refractivity contribution in [2.75, 3.05) is 10.6 Å². The van der Waals surface area contributed by atoms with E-state index in [1.54, 1.807) is 71.5 Å². The zero-order valence-electron chi connectivity index (χ0n) is 18.5. The molecule has 33 heavy (non-hydrogen) atoms. The van der Waals surface area contributed by atoms with Gasteiger partial charge in [-0.05, 0) is 62.7 Å². The van der Waals surface area contributed by atoms with Crippen molar-refractivity contribution in [2.24, 2.45) is 0 Å². The van der Waals surface area contributed by atoms with Crippen LogP contribution in [0.4, 0.5) is 26.0 Å². The summed E-state index contributed by atoms with van der Waals surface area (Å²) in [7, 11) is 0. The highest BCUT2D eigenvalue weighted by Crippen LogP contribution is 2.24. The van der Waals surface area contributed by atoms with Crippen molar-refractivity contribution in [1.29, 1.82) is 0 Å². The fourth-order valence-corrected chi connectivity index (χ4v) is 3.62. The summed E-state index contributed by atoms with van der Waals surface area (Å²) < 4.78 is 29.3. The van der Waals surface area contributed by atoms with Gasteiger partial charge in [-0.2, -0.15) is 0 Å². The van der Waals surface area contributed by atoms with Crippen molar-refractivity contribution in [2.45, 2.75) is 39.3 Å². The van der Waals surface area contributed by atoms with Gasteiger partial charge in [-0.3, -0.25) is 9.20 Å². The largest absolute Gasteiger partial charge is 0.389 e. The first kappa shape index (κ1) is 22.5. The van der Waals surface area contributed by atoms with Gasteiger partial charge in [0.15, 0.2) is 0 Å². The second-order valence-electron chi connectivity index (χ2n) is 8.60. The molecule has 4 rings (SSSR count). The van der Waals surface area contributed by atoms with Crippen molar-refractivity contribution >= 4 is 28.7 Å². The summed E-state index contributed by atoms with van der Waals surface area (Å²) in [4.78, 5) is 16.6. The fourth-order valence-electron chi connectivity index (χ4n) is 3.62. The molecule has 0 saturated carbocycles. The number of benzene rings is 1. The molecule has 0 aliphatic carbocycles. The number of pyridine rings is 1. The summed E-state index contributed by atoms with van der Waals surface area (Å²) in [5.74, 6) is 0.345. The van der Waals surface area contributed by atoms with Gasteiger partial charge in [0.1, 0.15) is 17.2 Å². The maximum absolute atomic E-state index is 13.0. The number of nitrogens with zero attached hydrogens (tertiary/aromatic N) is 3. The van der Waals surface area contributed by atoms with Crippen LogP contribution in [0, 0.1) is 6.92 Å². The Balaban J connectivity index is 1.46. The SMILES string of the molecule is Cc1cn(CC(C)(C)O)cc1C(=O)Nc1ccc(Nc2cccc3nc(C(F)F)cn23)cc1. The first-order valence-corrected chi connectivity index (χ1v) is 10.4. The van der Waals surface area contributed by atoms with Crippen molar-refractivity contribution < 1.29 is 18.7 Å². The average Bonchev–Trinajstić information content (AvgIpc) is 3.32. The molecule has 7 nitrogen and oxygen atoms in total. The van der Waals surface area contributed by atoms with E-state index in [0.29, 0.717) is 29.3 Å². The fraction of sp³-hybridized carbons (Fsp3) is 0.250. The van der Waals surface area contributed by atoms with Crippen molar-refractivity contribution in [1.82, 2.24) is 14.0 Å². The Kier molecular flexibility index (Phi) is 5.90. The molecule has 0 bridgehead atoms. The lowest BCUT2D eigenvalue weighted by atomic mass is 10.1. The lowest BCUT2D eigenvalue weighted by Gasteiger charge is -2.17. The summed E-state index contributed by atoms with van der Waals surface area (Å²) >= 11 is 0. The summed E-state index contributed by atoms with van der Waals surface area (Å²) in [5, 5.41) is 16.0. The third kappa shape index (κ3) is 5.20. The molecule has 0 atom stereocenters. The Morgan fingerprint density at radius 1 is 1.09 bits per heavy atom. The molecule has 172 valence electrons. The number of halogens is 2. The van der Waals surface area contributed by atoms with E-state index in [1.807, 2.05) is 13.1 Å². The number of aliphatic hydroxyl groups is 1. The summed E-state index contributed by atoms with van der Waals surface area (Å²) in [5.41, 5.74) is 1.93. The normalized spacial score (nSPS) is 11.8. The molecular formula is C24H25F2N5O2. The quantitative estimate of drug-likeness (QED) is 0.361. The molecule has 3 heterocycles. The highest BCUT2D eigenvalue weighted by Gasteiger charge is 2.17. The number of imidazole rings is 1. The van der Waals surface area contributed by atoms with Crippen molar-refractivity contribution in [3.05, 3.63) is 77.9 Å². The van der Waals surface area contributed by atoms with E-state index in [2.05, 4.69) is 15.6 Å². The standard InChI is InChI=1S/C24H25F2N5O2/c1-15-11-30(14-24(2,3)33)12-18(15)23(32)28-17-9-7-16(8-10-17)27-20-5-4-6-21-29-19(22(25)26)13-31(20)21/h4-13,22,27,33H,14H2,1-3H3,(H,28,32). The van der Waals surface area contributed by atoms with Crippen LogP contribution in [0.25, 0.3) is 5.65 Å². The molecule has 0 saturated heterocycles. The zero-order chi connectivity index (χ0) is 23.8. The molecule has 3 aromatic heterocycles. The number of rotatable bonds is 7. The Bertz CT molecular complexity index is 1290. The van der Waals surface area contributed by atoms with Gasteiger partial charge in [-0.1, -0.05) is 6.07 Å². The minimum atomic E-state index is -2.64. The molecule has 1 amide bonds. The van der Waals surface area contributed by atoms with Crippen LogP contribution in [0.1, 0.15) is 41.9 Å². The smallest absolute Gasteiger partial charge is 0.281 e. The van der Waals surface area contributed by atoms with Crippen LogP contribution in [0.15, 0.2) is 61.1 Å². The second-order valence-corrected chi connectivity index (χ2v) is 8.60. The van der Waals surface area contributed by atoms with Gasteiger partial charge in [0.05, 0.1) is 17.7 Å². The molecular weight excluding hydrogens is 428 g/mol. The first-order valence-electron chi connectivity index (χ1n) is 10.4. The van der Waals surface area contributed by atoms with Gasteiger partial charge < -0.3 is 20.3 Å². The van der Waals surface area contributed by atoms with E-state index >= 15 is 0 Å². The lowest BCUT2D eigenvalue weighted by molar-refractivity contribution is 0.0615. The second kappa shape index (κ2) is 8.67. The van der Waals surface area contributed by atoms with Crippen LogP contribution in [0.5, 0.6) is 0 Å². The molecule has 3 N–H and O–H groups in total. The highest BCUT2D eigenvalue weighted by atomic mass is 19.3. The van der Waals surface area contributed by atoms with Crippen LogP contribution >= 0.6 is 0 Å². The van der Waals surface area contributed by atoms with E-state index in [9.17, 15) is 18.7 Å². The Morgan fingerprint density at radius 2 is 1.79 bits per heavy atom. The number of anilines is 3. The summed E-state index contributed by atoms with van der Waals surface area (Å²) in [6.07, 6.45) is 2.22. The predicted molar refractivity (Wildman–Crippen MR) is 123 cm³/mol. The Labute approximate surface area is 189 Å². The van der Waals surface area contributed by atoms with Crippen LogP contribution in [-0.4, -0.2) is 30.6 Å². The summed E-state index contributed by atoms with van der Waals surface area (Å²) in [6, 6.07) is 12.2. The molecule has 9 heteroatoms. The molecule has 0 fully saturated rings. The maximum atomic E-state index is 13.0. The van der Waals surface area contributed by atoms with Crippen LogP contribution in [0.2, 0.25) is 0 Å². The molecule has 4 aromatic rings. The van der Waals surface area contributed by atoms with Gasteiger partial charge in [0.25, 0.3) is 12.3 Å². The van der Waals surface area contributed by atoms with Gasteiger partial charge in [0, 0.05) is 30.0 Å². The number of amides is 1. The van der Waals surface area contributed by atoms with E-state index in [1.165, 1.54) is 6.20 Å². The number of fused-ring (bicyclic) bond motifs is 1. The van der Waals surface area contributed by atoms with Gasteiger partial charge in [-0.25, -0.2) is 13.8 Å². The molecule has 0 unspecified atom stereocenters. The van der Waals surface area contributed by atoms with E-state index in [4.69, 9.17) is 0 Å². The van der Waals surface area contributed by atoms with Gasteiger partial charge in [0.2, 0.25) is 0 Å². The highest BCUT2D eigenvalue weighted by molar-refractivity contribution is 6.05. The molecule has 0 radical (unpaired) electrons. The van der Waals surface area contributed by atoms with Gasteiger partial charge >= 0.3 is 0 Å². The van der Waals surface area contributed by atoms with E-state index in [0.717, 1.165) is 11.3 Å². The molecule has 0 aliphatic heterocycles. The number of carbonyl (C=O) groups is 1. The van der Waals surface area contributed by atoms with Crippen LogP contribution in [-0.2, 0) is 6.54 Å². The zero-order valence-corrected chi connectivity index (χ0v) is 18.5. The minimum Gasteiger partial charge on any atom is -0.389 e. The number of alkyl halides is 2. The Hall–Kier alpha value is -3.72. The molecule has 0 spiro atoms. The maximum Gasteiger partial charge on any atom is 0.281 e. The van der Waals surface area contributed by atoms with Crippen LogP contribution in [0.3, 0.4) is 0 Å². The third-order valence-electron chi connectivity index (χ3n) is 5.04. The number of hydrogen-bond donors (Lipinski definition) is 3.